The fourth-order valence-corrected chi connectivity index (χ4v) is 1.85. The number of thiazole rings is 1. The average molecular weight is 190 g/mol. The van der Waals surface area contributed by atoms with E-state index in [0.29, 0.717) is 0 Å². The lowest BCUT2D eigenvalue weighted by Crippen LogP contribution is -2.09. The SMILES string of the molecule is NC(c1ccccc1)c1cncs1. The maximum atomic E-state index is 6.03. The molecule has 66 valence electrons. The minimum atomic E-state index is -0.0336. The number of nitrogens with zero attached hydrogens (tertiary/aromatic N) is 1. The zero-order valence-corrected chi connectivity index (χ0v) is 7.87. The summed E-state index contributed by atoms with van der Waals surface area (Å²) in [4.78, 5) is 5.11. The van der Waals surface area contributed by atoms with Crippen molar-refractivity contribution in [1.82, 2.24) is 4.98 Å². The van der Waals surface area contributed by atoms with Gasteiger partial charge in [0.1, 0.15) is 0 Å². The lowest BCUT2D eigenvalue weighted by atomic mass is 10.1. The molecule has 0 fully saturated rings. The molecule has 1 heterocycles. The fourth-order valence-electron chi connectivity index (χ4n) is 1.20. The molecule has 0 spiro atoms. The van der Waals surface area contributed by atoms with Gasteiger partial charge in [-0.2, -0.15) is 0 Å². The third kappa shape index (κ3) is 1.76. The Balaban J connectivity index is 2.29. The van der Waals surface area contributed by atoms with Crippen LogP contribution in [-0.2, 0) is 0 Å². The fraction of sp³-hybridized carbons (Fsp3) is 0.100. The van der Waals surface area contributed by atoms with Crippen molar-refractivity contribution in [3.63, 3.8) is 0 Å². The molecule has 0 aliphatic carbocycles. The van der Waals surface area contributed by atoms with Crippen molar-refractivity contribution in [2.75, 3.05) is 0 Å². The second-order valence-corrected chi connectivity index (χ2v) is 3.71. The van der Waals surface area contributed by atoms with Crippen molar-refractivity contribution in [2.45, 2.75) is 6.04 Å². The van der Waals surface area contributed by atoms with E-state index in [1.165, 1.54) is 0 Å². The van der Waals surface area contributed by atoms with Gasteiger partial charge in [0.15, 0.2) is 0 Å². The van der Waals surface area contributed by atoms with Crippen LogP contribution in [0.4, 0.5) is 0 Å². The summed E-state index contributed by atoms with van der Waals surface area (Å²) in [6.45, 7) is 0. The summed E-state index contributed by atoms with van der Waals surface area (Å²) in [6.07, 6.45) is 1.82. The Bertz CT molecular complexity index is 356. The van der Waals surface area contributed by atoms with Crippen LogP contribution in [0.25, 0.3) is 0 Å². The Kier molecular flexibility index (Phi) is 2.38. The van der Waals surface area contributed by atoms with Gasteiger partial charge in [0, 0.05) is 11.1 Å². The molecule has 2 N–H and O–H groups in total. The third-order valence-corrected chi connectivity index (χ3v) is 2.78. The lowest BCUT2D eigenvalue weighted by Gasteiger charge is -2.08. The van der Waals surface area contributed by atoms with E-state index in [4.69, 9.17) is 5.73 Å². The molecule has 0 aliphatic rings. The molecule has 1 unspecified atom stereocenters. The van der Waals surface area contributed by atoms with E-state index in [1.54, 1.807) is 16.8 Å². The summed E-state index contributed by atoms with van der Waals surface area (Å²) < 4.78 is 0. The van der Waals surface area contributed by atoms with Crippen molar-refractivity contribution in [2.24, 2.45) is 5.73 Å². The zero-order chi connectivity index (χ0) is 9.10. The van der Waals surface area contributed by atoms with Crippen LogP contribution in [-0.4, -0.2) is 4.98 Å². The molecule has 2 nitrogen and oxygen atoms in total. The molecule has 1 aromatic heterocycles. The van der Waals surface area contributed by atoms with Crippen molar-refractivity contribution in [3.8, 4) is 0 Å². The highest BCUT2D eigenvalue weighted by Gasteiger charge is 2.08. The van der Waals surface area contributed by atoms with Crippen LogP contribution in [0, 0.1) is 0 Å². The van der Waals surface area contributed by atoms with Crippen molar-refractivity contribution >= 4 is 11.3 Å². The van der Waals surface area contributed by atoms with E-state index < -0.39 is 0 Å². The Morgan fingerprint density at radius 2 is 2.00 bits per heavy atom. The minimum absolute atomic E-state index is 0.0336. The van der Waals surface area contributed by atoms with Crippen LogP contribution in [0.15, 0.2) is 42.0 Å². The molecule has 1 aromatic carbocycles. The van der Waals surface area contributed by atoms with Gasteiger partial charge in [0.25, 0.3) is 0 Å². The Morgan fingerprint density at radius 3 is 2.62 bits per heavy atom. The van der Waals surface area contributed by atoms with Crippen molar-refractivity contribution in [3.05, 3.63) is 52.5 Å². The van der Waals surface area contributed by atoms with Gasteiger partial charge in [-0.25, -0.2) is 0 Å². The predicted octanol–water partition coefficient (Wildman–Crippen LogP) is 2.19. The molecule has 0 saturated carbocycles. The van der Waals surface area contributed by atoms with Gasteiger partial charge >= 0.3 is 0 Å². The quantitative estimate of drug-likeness (QED) is 0.788. The molecule has 3 heteroatoms. The van der Waals surface area contributed by atoms with E-state index in [9.17, 15) is 0 Å². The van der Waals surface area contributed by atoms with Crippen LogP contribution >= 0.6 is 11.3 Å². The Labute approximate surface area is 81.1 Å². The van der Waals surface area contributed by atoms with Gasteiger partial charge in [-0.3, -0.25) is 4.98 Å². The number of nitrogens with two attached hydrogens (primary N) is 1. The molecule has 0 radical (unpaired) electrons. The third-order valence-electron chi connectivity index (χ3n) is 1.92. The van der Waals surface area contributed by atoms with Gasteiger partial charge in [0.05, 0.1) is 11.6 Å². The maximum Gasteiger partial charge on any atom is 0.0794 e. The smallest absolute Gasteiger partial charge is 0.0794 e. The topological polar surface area (TPSA) is 38.9 Å². The monoisotopic (exact) mass is 190 g/mol. The van der Waals surface area contributed by atoms with E-state index in [0.717, 1.165) is 10.4 Å². The Hall–Kier alpha value is -1.19. The van der Waals surface area contributed by atoms with E-state index in [-0.39, 0.29) is 6.04 Å². The summed E-state index contributed by atoms with van der Waals surface area (Å²) in [5, 5.41) is 0. The predicted molar refractivity (Wildman–Crippen MR) is 54.6 cm³/mol. The first-order valence-corrected chi connectivity index (χ1v) is 4.95. The summed E-state index contributed by atoms with van der Waals surface area (Å²) in [5.74, 6) is 0. The summed E-state index contributed by atoms with van der Waals surface area (Å²) in [7, 11) is 0. The largest absolute Gasteiger partial charge is 0.320 e. The summed E-state index contributed by atoms with van der Waals surface area (Å²) in [6, 6.07) is 10.0. The Morgan fingerprint density at radius 1 is 1.23 bits per heavy atom. The standard InChI is InChI=1S/C10H10N2S/c11-10(9-6-12-7-13-9)8-4-2-1-3-5-8/h1-7,10H,11H2. The second kappa shape index (κ2) is 3.68. The van der Waals surface area contributed by atoms with Crippen LogP contribution in [0.5, 0.6) is 0 Å². The molecule has 0 amide bonds. The normalized spacial score (nSPS) is 12.7. The zero-order valence-electron chi connectivity index (χ0n) is 7.05. The van der Waals surface area contributed by atoms with Gasteiger partial charge in [-0.05, 0) is 5.56 Å². The van der Waals surface area contributed by atoms with E-state index in [1.807, 2.05) is 36.5 Å². The first kappa shape index (κ1) is 8.41. The van der Waals surface area contributed by atoms with Gasteiger partial charge < -0.3 is 5.73 Å². The second-order valence-electron chi connectivity index (χ2n) is 2.79. The van der Waals surface area contributed by atoms with E-state index >= 15 is 0 Å². The molecular weight excluding hydrogens is 180 g/mol. The first-order valence-electron chi connectivity index (χ1n) is 4.07. The van der Waals surface area contributed by atoms with Crippen LogP contribution in [0.3, 0.4) is 0 Å². The number of hydrogen-bond acceptors (Lipinski definition) is 3. The maximum absolute atomic E-state index is 6.03. The number of rotatable bonds is 2. The van der Waals surface area contributed by atoms with Crippen molar-refractivity contribution < 1.29 is 0 Å². The molecular formula is C10H10N2S. The first-order chi connectivity index (χ1) is 6.38. The molecule has 2 rings (SSSR count). The highest BCUT2D eigenvalue weighted by Crippen LogP contribution is 2.21. The van der Waals surface area contributed by atoms with Gasteiger partial charge in [-0.1, -0.05) is 30.3 Å². The minimum Gasteiger partial charge on any atom is -0.320 e. The highest BCUT2D eigenvalue weighted by atomic mass is 32.1. The molecule has 2 aromatic rings. The number of hydrogen-bond donors (Lipinski definition) is 1. The van der Waals surface area contributed by atoms with Crippen LogP contribution < -0.4 is 5.73 Å². The number of benzene rings is 1. The van der Waals surface area contributed by atoms with Gasteiger partial charge in [0.2, 0.25) is 0 Å². The van der Waals surface area contributed by atoms with Gasteiger partial charge in [-0.15, -0.1) is 11.3 Å². The molecule has 0 bridgehead atoms. The lowest BCUT2D eigenvalue weighted by molar-refractivity contribution is 0.889. The molecule has 13 heavy (non-hydrogen) atoms. The van der Waals surface area contributed by atoms with E-state index in [2.05, 4.69) is 4.98 Å². The summed E-state index contributed by atoms with van der Waals surface area (Å²) in [5.41, 5.74) is 8.97. The highest BCUT2D eigenvalue weighted by molar-refractivity contribution is 7.09. The molecule has 0 aliphatic heterocycles. The van der Waals surface area contributed by atoms with Crippen LogP contribution in [0.2, 0.25) is 0 Å². The van der Waals surface area contributed by atoms with Crippen LogP contribution in [0.1, 0.15) is 16.5 Å². The average Bonchev–Trinajstić information content (AvgIpc) is 2.71. The molecule has 0 saturated heterocycles. The molecule has 1 atom stereocenters. The van der Waals surface area contributed by atoms with Crippen molar-refractivity contribution in [1.29, 1.82) is 0 Å². The number of aromatic nitrogens is 1. The summed E-state index contributed by atoms with van der Waals surface area (Å²) >= 11 is 1.59.